The van der Waals surface area contributed by atoms with Crippen LogP contribution in [0.5, 0.6) is 0 Å². The van der Waals surface area contributed by atoms with Gasteiger partial charge in [-0.15, -0.1) is 0 Å². The molecule has 1 aromatic carbocycles. The highest BCUT2D eigenvalue weighted by Gasteiger charge is 2.23. The Balaban J connectivity index is 3.03. The minimum absolute atomic E-state index is 0.00646. The molecule has 0 saturated carbocycles. The van der Waals surface area contributed by atoms with E-state index >= 15 is 0 Å². The Bertz CT molecular complexity index is 639. The first-order valence-electron chi connectivity index (χ1n) is 7.36. The Kier molecular flexibility index (Phi) is 6.00. The van der Waals surface area contributed by atoms with E-state index in [2.05, 4.69) is 5.32 Å². The fraction of sp³-hybridized carbons (Fsp3) is 0.562. The van der Waals surface area contributed by atoms with Crippen molar-refractivity contribution in [1.29, 1.82) is 0 Å². The maximum Gasteiger partial charge on any atom is 0.240 e. The van der Waals surface area contributed by atoms with Gasteiger partial charge in [-0.25, -0.2) is 8.42 Å². The molecule has 1 N–H and O–H groups in total. The number of nitrogens with one attached hydrogen (secondary N) is 1. The molecule has 0 fully saturated rings. The van der Waals surface area contributed by atoms with Crippen LogP contribution in [0, 0.1) is 19.8 Å². The van der Waals surface area contributed by atoms with E-state index < -0.39 is 10.0 Å². The Labute approximate surface area is 133 Å². The summed E-state index contributed by atoms with van der Waals surface area (Å²) in [6.07, 6.45) is 1.12. The summed E-state index contributed by atoms with van der Waals surface area (Å²) in [5, 5.41) is 2.84. The summed E-state index contributed by atoms with van der Waals surface area (Å²) in [5.74, 6) is -0.0108. The summed E-state index contributed by atoms with van der Waals surface area (Å²) in [7, 11) is -3.53. The molecule has 0 aliphatic heterocycles. The third kappa shape index (κ3) is 5.02. The van der Waals surface area contributed by atoms with Crippen molar-refractivity contribution < 1.29 is 13.2 Å². The number of rotatable bonds is 6. The molecule has 0 aliphatic rings. The highest BCUT2D eigenvalue weighted by Crippen LogP contribution is 2.23. The molecular weight excluding hydrogens is 300 g/mol. The van der Waals surface area contributed by atoms with Crippen LogP contribution in [0.15, 0.2) is 18.2 Å². The maximum absolute atomic E-state index is 12.1. The third-order valence-electron chi connectivity index (χ3n) is 3.70. The number of sulfonamides is 1. The molecule has 1 atom stereocenters. The van der Waals surface area contributed by atoms with E-state index in [1.165, 1.54) is 0 Å². The van der Waals surface area contributed by atoms with Crippen molar-refractivity contribution in [2.75, 3.05) is 17.1 Å². The lowest BCUT2D eigenvalue weighted by Gasteiger charge is -2.25. The molecule has 124 valence electrons. The molecule has 0 aromatic heterocycles. The third-order valence-corrected chi connectivity index (χ3v) is 4.82. The Hall–Kier alpha value is -1.56. The highest BCUT2D eigenvalue weighted by atomic mass is 32.2. The van der Waals surface area contributed by atoms with Crippen molar-refractivity contribution in [2.45, 2.75) is 40.7 Å². The van der Waals surface area contributed by atoms with Crippen LogP contribution in [0.1, 0.15) is 31.9 Å². The molecular formula is C16H26N2O3S. The molecule has 1 rings (SSSR count). The smallest absolute Gasteiger partial charge is 0.240 e. The number of carbonyl (C=O) groups is 1. The average molecular weight is 326 g/mol. The van der Waals surface area contributed by atoms with Crippen molar-refractivity contribution in [3.8, 4) is 0 Å². The van der Waals surface area contributed by atoms with Crippen LogP contribution in [0.4, 0.5) is 5.69 Å². The van der Waals surface area contributed by atoms with Gasteiger partial charge in [0, 0.05) is 6.04 Å². The van der Waals surface area contributed by atoms with Gasteiger partial charge in [-0.3, -0.25) is 9.10 Å². The largest absolute Gasteiger partial charge is 0.352 e. The predicted molar refractivity (Wildman–Crippen MR) is 90.5 cm³/mol. The first-order valence-corrected chi connectivity index (χ1v) is 9.21. The number of nitrogens with zero attached hydrogens (tertiary/aromatic N) is 1. The van der Waals surface area contributed by atoms with Gasteiger partial charge < -0.3 is 5.32 Å². The Morgan fingerprint density at radius 1 is 1.23 bits per heavy atom. The summed E-state index contributed by atoms with van der Waals surface area (Å²) in [6, 6.07) is 5.48. The molecule has 0 radical (unpaired) electrons. The van der Waals surface area contributed by atoms with Crippen LogP contribution in [0.2, 0.25) is 0 Å². The summed E-state index contributed by atoms with van der Waals surface area (Å²) >= 11 is 0. The number of anilines is 1. The number of aryl methyl sites for hydroxylation is 2. The second kappa shape index (κ2) is 7.13. The maximum atomic E-state index is 12.1. The minimum atomic E-state index is -3.53. The van der Waals surface area contributed by atoms with Gasteiger partial charge >= 0.3 is 0 Å². The second-order valence-electron chi connectivity index (χ2n) is 6.16. The van der Waals surface area contributed by atoms with E-state index in [1.54, 1.807) is 6.07 Å². The van der Waals surface area contributed by atoms with Crippen molar-refractivity contribution >= 4 is 21.6 Å². The quantitative estimate of drug-likeness (QED) is 0.872. The first-order chi connectivity index (χ1) is 10.0. The van der Waals surface area contributed by atoms with Crippen molar-refractivity contribution in [2.24, 2.45) is 5.92 Å². The zero-order chi connectivity index (χ0) is 17.1. The Morgan fingerprint density at radius 2 is 1.82 bits per heavy atom. The summed E-state index contributed by atoms with van der Waals surface area (Å²) in [5.41, 5.74) is 2.42. The van der Waals surface area contributed by atoms with Crippen LogP contribution in [0.25, 0.3) is 0 Å². The van der Waals surface area contributed by atoms with Crippen LogP contribution in [-0.4, -0.2) is 33.2 Å². The molecule has 6 heteroatoms. The standard InChI is InChI=1S/C16H26N2O3S/c1-11(2)14(5)17-16(19)10-18(22(6,20)21)15-8-7-12(3)9-13(15)4/h7-9,11,14H,10H2,1-6H3,(H,17,19)/t14-/m0/s1. The molecule has 0 aliphatic carbocycles. The molecule has 1 aromatic rings. The SMILES string of the molecule is Cc1ccc(N(CC(=O)N[C@@H](C)C(C)C)S(C)(=O)=O)c(C)c1. The number of carbonyl (C=O) groups excluding carboxylic acids is 1. The Morgan fingerprint density at radius 3 is 2.27 bits per heavy atom. The zero-order valence-electron chi connectivity index (χ0n) is 14.2. The molecule has 22 heavy (non-hydrogen) atoms. The molecule has 1 amide bonds. The number of amides is 1. The van der Waals surface area contributed by atoms with E-state index in [-0.39, 0.29) is 24.4 Å². The van der Waals surface area contributed by atoms with Crippen LogP contribution >= 0.6 is 0 Å². The van der Waals surface area contributed by atoms with Gasteiger partial charge in [0.1, 0.15) is 6.54 Å². The van der Waals surface area contributed by atoms with Gasteiger partial charge in [0.25, 0.3) is 0 Å². The lowest BCUT2D eigenvalue weighted by molar-refractivity contribution is -0.120. The average Bonchev–Trinajstić information content (AvgIpc) is 2.35. The van der Waals surface area contributed by atoms with Crippen LogP contribution in [0.3, 0.4) is 0 Å². The lowest BCUT2D eigenvalue weighted by Crippen LogP contribution is -2.44. The summed E-state index contributed by atoms with van der Waals surface area (Å²) in [4.78, 5) is 12.1. The first kappa shape index (κ1) is 18.5. The fourth-order valence-electron chi connectivity index (χ4n) is 2.06. The van der Waals surface area contributed by atoms with E-state index in [9.17, 15) is 13.2 Å². The predicted octanol–water partition coefficient (Wildman–Crippen LogP) is 2.23. The van der Waals surface area contributed by atoms with Crippen molar-refractivity contribution in [1.82, 2.24) is 5.32 Å². The van der Waals surface area contributed by atoms with Gasteiger partial charge in [0.05, 0.1) is 11.9 Å². The zero-order valence-corrected chi connectivity index (χ0v) is 15.0. The topological polar surface area (TPSA) is 66.5 Å². The molecule has 0 heterocycles. The lowest BCUT2D eigenvalue weighted by atomic mass is 10.1. The van der Waals surface area contributed by atoms with Crippen molar-refractivity contribution in [3.63, 3.8) is 0 Å². The summed E-state index contributed by atoms with van der Waals surface area (Å²) in [6.45, 7) is 9.49. The van der Waals surface area contributed by atoms with Crippen LogP contribution < -0.4 is 9.62 Å². The number of hydrogen-bond donors (Lipinski definition) is 1. The molecule has 0 bridgehead atoms. The number of hydrogen-bond acceptors (Lipinski definition) is 3. The summed E-state index contributed by atoms with van der Waals surface area (Å²) < 4.78 is 25.3. The molecule has 5 nitrogen and oxygen atoms in total. The van der Waals surface area contributed by atoms with E-state index in [4.69, 9.17) is 0 Å². The molecule has 0 saturated heterocycles. The molecule has 0 spiro atoms. The fourth-order valence-corrected chi connectivity index (χ4v) is 2.98. The van der Waals surface area contributed by atoms with E-state index in [0.717, 1.165) is 21.7 Å². The normalized spacial score (nSPS) is 13.0. The van der Waals surface area contributed by atoms with Crippen LogP contribution in [-0.2, 0) is 14.8 Å². The van der Waals surface area contributed by atoms with Gasteiger partial charge in [0.15, 0.2) is 0 Å². The van der Waals surface area contributed by atoms with Gasteiger partial charge in [-0.2, -0.15) is 0 Å². The molecule has 0 unspecified atom stereocenters. The monoisotopic (exact) mass is 326 g/mol. The van der Waals surface area contributed by atoms with Crippen molar-refractivity contribution in [3.05, 3.63) is 29.3 Å². The van der Waals surface area contributed by atoms with E-state index in [1.807, 2.05) is 46.8 Å². The highest BCUT2D eigenvalue weighted by molar-refractivity contribution is 7.92. The minimum Gasteiger partial charge on any atom is -0.352 e. The van der Waals surface area contributed by atoms with E-state index in [0.29, 0.717) is 5.69 Å². The van der Waals surface area contributed by atoms with Gasteiger partial charge in [-0.1, -0.05) is 31.5 Å². The van der Waals surface area contributed by atoms with Gasteiger partial charge in [0.2, 0.25) is 15.9 Å². The second-order valence-corrected chi connectivity index (χ2v) is 8.07. The number of benzene rings is 1. The van der Waals surface area contributed by atoms with Gasteiger partial charge in [-0.05, 0) is 38.3 Å².